The van der Waals surface area contributed by atoms with Crippen LogP contribution in [0.3, 0.4) is 0 Å². The van der Waals surface area contributed by atoms with Gasteiger partial charge in [-0.25, -0.2) is 4.39 Å². The average molecular weight is 353 g/mol. The zero-order chi connectivity index (χ0) is 18.4. The van der Waals surface area contributed by atoms with Crippen LogP contribution in [-0.4, -0.2) is 29.2 Å². The fourth-order valence-electron chi connectivity index (χ4n) is 2.23. The van der Waals surface area contributed by atoms with Crippen molar-refractivity contribution in [1.82, 2.24) is 15.5 Å². The Kier molecular flexibility index (Phi) is 5.38. The zero-order valence-electron chi connectivity index (χ0n) is 13.8. The molecule has 0 bridgehead atoms. The molecule has 0 aliphatic heterocycles. The number of benzene rings is 2. The van der Waals surface area contributed by atoms with Gasteiger partial charge < -0.3 is 14.6 Å². The van der Waals surface area contributed by atoms with E-state index in [1.807, 2.05) is 0 Å². The van der Waals surface area contributed by atoms with Crippen molar-refractivity contribution in [3.63, 3.8) is 0 Å². The predicted molar refractivity (Wildman–Crippen MR) is 93.8 cm³/mol. The van der Waals surface area contributed by atoms with Crippen LogP contribution < -0.4 is 10.1 Å². The maximum atomic E-state index is 13.4. The molecule has 0 aliphatic carbocycles. The van der Waals surface area contributed by atoms with Gasteiger partial charge in [-0.3, -0.25) is 4.79 Å². The van der Waals surface area contributed by atoms with Gasteiger partial charge in [0.25, 0.3) is 11.8 Å². The van der Waals surface area contributed by atoms with Crippen LogP contribution in [0, 0.1) is 5.82 Å². The molecule has 0 saturated carbocycles. The average Bonchev–Trinajstić information content (AvgIpc) is 3.15. The van der Waals surface area contributed by atoms with E-state index in [1.165, 1.54) is 12.1 Å². The Morgan fingerprint density at radius 3 is 2.92 bits per heavy atom. The summed E-state index contributed by atoms with van der Waals surface area (Å²) in [6, 6.07) is 12.9. The molecule has 0 fully saturated rings. The molecule has 1 heterocycles. The Morgan fingerprint density at radius 2 is 2.12 bits per heavy atom. The van der Waals surface area contributed by atoms with Crippen LogP contribution in [-0.2, 0) is 4.79 Å². The standard InChI is InChI=1S/C19H16FN3O3/c1-2-10-21-17(24)12-25-16-9-4-3-8-15(16)18-22-19(26-23-18)13-6-5-7-14(20)11-13/h2-9,11H,1,10,12H2,(H,21,24). The Hall–Kier alpha value is -3.48. The summed E-state index contributed by atoms with van der Waals surface area (Å²) in [4.78, 5) is 16.0. The second kappa shape index (κ2) is 8.06. The summed E-state index contributed by atoms with van der Waals surface area (Å²) < 4.78 is 24.1. The lowest BCUT2D eigenvalue weighted by Crippen LogP contribution is -2.28. The first-order valence-corrected chi connectivity index (χ1v) is 7.87. The van der Waals surface area contributed by atoms with Crippen molar-refractivity contribution in [2.45, 2.75) is 0 Å². The molecule has 0 atom stereocenters. The molecular formula is C19H16FN3O3. The number of amides is 1. The lowest BCUT2D eigenvalue weighted by molar-refractivity contribution is -0.122. The van der Waals surface area contributed by atoms with Gasteiger partial charge in [-0.1, -0.05) is 29.4 Å². The molecule has 1 aromatic heterocycles. The minimum atomic E-state index is -0.392. The number of hydrogen-bond acceptors (Lipinski definition) is 5. The van der Waals surface area contributed by atoms with E-state index in [1.54, 1.807) is 42.5 Å². The first-order chi connectivity index (χ1) is 12.7. The number of carbonyl (C=O) groups is 1. The van der Waals surface area contributed by atoms with E-state index >= 15 is 0 Å². The summed E-state index contributed by atoms with van der Waals surface area (Å²) in [7, 11) is 0. The van der Waals surface area contributed by atoms with E-state index < -0.39 is 5.82 Å². The van der Waals surface area contributed by atoms with Crippen molar-refractivity contribution in [2.75, 3.05) is 13.2 Å². The lowest BCUT2D eigenvalue weighted by Gasteiger charge is -2.08. The Balaban J connectivity index is 1.80. The summed E-state index contributed by atoms with van der Waals surface area (Å²) in [5.74, 6) is 0.252. The zero-order valence-corrected chi connectivity index (χ0v) is 13.8. The SMILES string of the molecule is C=CCNC(=O)COc1ccccc1-c1noc(-c2cccc(F)c2)n1. The van der Waals surface area contributed by atoms with Crippen LogP contribution in [0.2, 0.25) is 0 Å². The fraction of sp³-hybridized carbons (Fsp3) is 0.105. The van der Waals surface area contributed by atoms with Gasteiger partial charge in [0.05, 0.1) is 5.56 Å². The summed E-state index contributed by atoms with van der Waals surface area (Å²) in [6.45, 7) is 3.74. The van der Waals surface area contributed by atoms with Crippen molar-refractivity contribution in [1.29, 1.82) is 0 Å². The van der Waals surface area contributed by atoms with Gasteiger partial charge in [0, 0.05) is 12.1 Å². The van der Waals surface area contributed by atoms with Crippen LogP contribution in [0.15, 0.2) is 65.7 Å². The fourth-order valence-corrected chi connectivity index (χ4v) is 2.23. The van der Waals surface area contributed by atoms with Crippen LogP contribution in [0.4, 0.5) is 4.39 Å². The highest BCUT2D eigenvalue weighted by molar-refractivity contribution is 5.78. The highest BCUT2D eigenvalue weighted by Gasteiger charge is 2.15. The Labute approximate surface area is 149 Å². The molecule has 3 aromatic rings. The topological polar surface area (TPSA) is 77.2 Å². The van der Waals surface area contributed by atoms with Gasteiger partial charge in [-0.05, 0) is 30.3 Å². The second-order valence-electron chi connectivity index (χ2n) is 5.31. The largest absolute Gasteiger partial charge is 0.483 e. The van der Waals surface area contributed by atoms with Gasteiger partial charge in [-0.15, -0.1) is 6.58 Å². The van der Waals surface area contributed by atoms with E-state index in [2.05, 4.69) is 22.0 Å². The lowest BCUT2D eigenvalue weighted by atomic mass is 10.2. The number of nitrogens with zero attached hydrogens (tertiary/aromatic N) is 2. The van der Waals surface area contributed by atoms with E-state index in [0.717, 1.165) is 0 Å². The number of aromatic nitrogens is 2. The van der Waals surface area contributed by atoms with E-state index in [9.17, 15) is 9.18 Å². The first kappa shape index (κ1) is 17.3. The number of carbonyl (C=O) groups excluding carboxylic acids is 1. The van der Waals surface area contributed by atoms with Crippen molar-refractivity contribution >= 4 is 5.91 Å². The molecule has 0 aliphatic rings. The Bertz CT molecular complexity index is 924. The Morgan fingerprint density at radius 1 is 1.27 bits per heavy atom. The summed E-state index contributed by atoms with van der Waals surface area (Å²) in [6.07, 6.45) is 1.58. The van der Waals surface area contributed by atoms with E-state index in [-0.39, 0.29) is 24.2 Å². The molecule has 7 heteroatoms. The molecule has 0 saturated heterocycles. The molecule has 132 valence electrons. The van der Waals surface area contributed by atoms with Crippen LogP contribution in [0.25, 0.3) is 22.8 Å². The maximum Gasteiger partial charge on any atom is 0.258 e. The van der Waals surface area contributed by atoms with Crippen molar-refractivity contribution in [3.8, 4) is 28.6 Å². The van der Waals surface area contributed by atoms with Crippen molar-refractivity contribution < 1.29 is 18.4 Å². The molecule has 1 N–H and O–H groups in total. The smallest absolute Gasteiger partial charge is 0.258 e. The molecule has 26 heavy (non-hydrogen) atoms. The monoisotopic (exact) mass is 353 g/mol. The first-order valence-electron chi connectivity index (χ1n) is 7.87. The highest BCUT2D eigenvalue weighted by Crippen LogP contribution is 2.29. The van der Waals surface area contributed by atoms with Crippen molar-refractivity contribution in [2.24, 2.45) is 0 Å². The second-order valence-corrected chi connectivity index (χ2v) is 5.31. The maximum absolute atomic E-state index is 13.4. The molecule has 1 amide bonds. The summed E-state index contributed by atoms with van der Waals surface area (Å²) in [5, 5.41) is 6.55. The molecule has 0 unspecified atom stereocenters. The quantitative estimate of drug-likeness (QED) is 0.660. The number of para-hydroxylation sites is 1. The van der Waals surface area contributed by atoms with Gasteiger partial charge in [0.15, 0.2) is 6.61 Å². The number of nitrogens with one attached hydrogen (secondary N) is 1. The third-order valence-electron chi connectivity index (χ3n) is 3.43. The molecule has 0 spiro atoms. The normalized spacial score (nSPS) is 10.3. The molecular weight excluding hydrogens is 337 g/mol. The summed E-state index contributed by atoms with van der Waals surface area (Å²) >= 11 is 0. The van der Waals surface area contributed by atoms with E-state index in [4.69, 9.17) is 9.26 Å². The van der Waals surface area contributed by atoms with E-state index in [0.29, 0.717) is 23.4 Å². The van der Waals surface area contributed by atoms with Gasteiger partial charge in [0.1, 0.15) is 11.6 Å². The third-order valence-corrected chi connectivity index (χ3v) is 3.43. The van der Waals surface area contributed by atoms with Gasteiger partial charge in [-0.2, -0.15) is 4.98 Å². The van der Waals surface area contributed by atoms with Crippen LogP contribution in [0.1, 0.15) is 0 Å². The number of halogens is 1. The van der Waals surface area contributed by atoms with Crippen LogP contribution in [0.5, 0.6) is 5.75 Å². The predicted octanol–water partition coefficient (Wildman–Crippen LogP) is 3.22. The molecule has 2 aromatic carbocycles. The van der Waals surface area contributed by atoms with Crippen molar-refractivity contribution in [3.05, 3.63) is 67.0 Å². The van der Waals surface area contributed by atoms with Crippen LogP contribution >= 0.6 is 0 Å². The summed E-state index contributed by atoms with van der Waals surface area (Å²) in [5.41, 5.74) is 1.04. The number of ether oxygens (including phenoxy) is 1. The van der Waals surface area contributed by atoms with Gasteiger partial charge >= 0.3 is 0 Å². The van der Waals surface area contributed by atoms with Gasteiger partial charge in [0.2, 0.25) is 5.82 Å². The number of rotatable bonds is 7. The molecule has 3 rings (SSSR count). The highest BCUT2D eigenvalue weighted by atomic mass is 19.1. The minimum absolute atomic E-state index is 0.153. The minimum Gasteiger partial charge on any atom is -0.483 e. The number of hydrogen-bond donors (Lipinski definition) is 1. The molecule has 6 nitrogen and oxygen atoms in total. The third kappa shape index (κ3) is 4.13. The molecule has 0 radical (unpaired) electrons.